The molecule has 204 valence electrons. The first-order valence-corrected chi connectivity index (χ1v) is 12.7. The van der Waals surface area contributed by atoms with Crippen molar-refractivity contribution in [2.75, 3.05) is 11.9 Å². The molecule has 1 unspecified atom stereocenters. The molecule has 3 aromatic rings. The molecule has 0 fully saturated rings. The maximum absolute atomic E-state index is 13.1. The number of carbonyl (C=O) groups excluding carboxylic acids is 2. The summed E-state index contributed by atoms with van der Waals surface area (Å²) in [6.45, 7) is 0.482. The topological polar surface area (TPSA) is 158 Å². The van der Waals surface area contributed by atoms with Crippen molar-refractivity contribution in [1.29, 1.82) is 0 Å². The fourth-order valence-electron chi connectivity index (χ4n) is 3.97. The Bertz CT molecular complexity index is 1240. The molecule has 3 rings (SSSR count). The number of carboxylic acid groups (broad SMARTS) is 2. The van der Waals surface area contributed by atoms with Gasteiger partial charge in [0.2, 0.25) is 11.8 Å². The molecular formula is C29H32N4O6. The van der Waals surface area contributed by atoms with Crippen molar-refractivity contribution in [3.05, 3.63) is 84.6 Å². The van der Waals surface area contributed by atoms with Crippen LogP contribution in [-0.2, 0) is 19.2 Å². The van der Waals surface area contributed by atoms with Crippen LogP contribution < -0.4 is 16.0 Å². The van der Waals surface area contributed by atoms with Crippen molar-refractivity contribution >= 4 is 29.6 Å². The molecule has 0 saturated heterocycles. The fraction of sp³-hybridized carbons (Fsp3) is 0.276. The number of amides is 2. The predicted molar refractivity (Wildman–Crippen MR) is 146 cm³/mol. The van der Waals surface area contributed by atoms with Gasteiger partial charge in [-0.05, 0) is 41.7 Å². The SMILES string of the molecule is O=C(O)CC[C@@H](NC(=O)CCCNc1ccccn1)C(=O)NC(CC(=O)O)c1ccc(-c2ccccc2)cc1. The molecule has 2 aromatic carbocycles. The summed E-state index contributed by atoms with van der Waals surface area (Å²) in [5.74, 6) is -2.60. The molecule has 2 amide bonds. The van der Waals surface area contributed by atoms with Crippen molar-refractivity contribution in [2.24, 2.45) is 0 Å². The van der Waals surface area contributed by atoms with E-state index in [-0.39, 0.29) is 25.7 Å². The first kappa shape index (κ1) is 28.8. The summed E-state index contributed by atoms with van der Waals surface area (Å²) in [6.07, 6.45) is 1.37. The predicted octanol–water partition coefficient (Wildman–Crippen LogP) is 3.62. The van der Waals surface area contributed by atoms with E-state index in [0.717, 1.165) is 11.1 Å². The number of pyridine rings is 1. The molecule has 10 nitrogen and oxygen atoms in total. The number of nitrogens with zero attached hydrogens (tertiary/aromatic N) is 1. The van der Waals surface area contributed by atoms with Crippen molar-refractivity contribution in [3.63, 3.8) is 0 Å². The van der Waals surface area contributed by atoms with Gasteiger partial charge in [0, 0.05) is 25.6 Å². The summed E-state index contributed by atoms with van der Waals surface area (Å²) < 4.78 is 0. The van der Waals surface area contributed by atoms with Crippen LogP contribution in [0.15, 0.2) is 79.0 Å². The van der Waals surface area contributed by atoms with Crippen LogP contribution in [-0.4, -0.2) is 51.5 Å². The molecule has 39 heavy (non-hydrogen) atoms. The minimum Gasteiger partial charge on any atom is -0.481 e. The van der Waals surface area contributed by atoms with Crippen molar-refractivity contribution in [3.8, 4) is 11.1 Å². The zero-order chi connectivity index (χ0) is 28.0. The van der Waals surface area contributed by atoms with Gasteiger partial charge in [0.05, 0.1) is 12.5 Å². The number of benzene rings is 2. The second-order valence-corrected chi connectivity index (χ2v) is 8.94. The second-order valence-electron chi connectivity index (χ2n) is 8.94. The van der Waals surface area contributed by atoms with Gasteiger partial charge < -0.3 is 26.2 Å². The molecule has 0 aliphatic carbocycles. The standard InChI is InChI=1S/C29H32N4O6/c34-26(10-6-18-31-25-9-4-5-17-30-25)32-23(15-16-27(35)36)29(39)33-24(19-28(37)38)22-13-11-21(12-14-22)20-7-2-1-3-8-20/h1-5,7-9,11-14,17,23-24H,6,10,15-16,18-19H2,(H,30,31)(H,32,34)(H,33,39)(H,35,36)(H,37,38)/t23-,24?/m1/s1. The lowest BCUT2D eigenvalue weighted by molar-refractivity contribution is -0.138. The van der Waals surface area contributed by atoms with Gasteiger partial charge >= 0.3 is 11.9 Å². The summed E-state index contributed by atoms with van der Waals surface area (Å²) in [6, 6.07) is 20.3. The molecule has 5 N–H and O–H groups in total. The zero-order valence-corrected chi connectivity index (χ0v) is 21.4. The normalized spacial score (nSPS) is 12.1. The summed E-state index contributed by atoms with van der Waals surface area (Å²) >= 11 is 0. The van der Waals surface area contributed by atoms with Crippen LogP contribution >= 0.6 is 0 Å². The van der Waals surface area contributed by atoms with E-state index in [1.807, 2.05) is 48.5 Å². The lowest BCUT2D eigenvalue weighted by Gasteiger charge is -2.23. The van der Waals surface area contributed by atoms with E-state index in [2.05, 4.69) is 20.9 Å². The number of aliphatic carboxylic acids is 2. The quantitative estimate of drug-likeness (QED) is 0.186. The lowest BCUT2D eigenvalue weighted by atomic mass is 9.98. The number of carboxylic acids is 2. The molecule has 1 aromatic heterocycles. The van der Waals surface area contributed by atoms with E-state index in [0.29, 0.717) is 24.3 Å². The summed E-state index contributed by atoms with van der Waals surface area (Å²) in [5, 5.41) is 27.0. The molecular weight excluding hydrogens is 500 g/mol. The third-order valence-corrected chi connectivity index (χ3v) is 5.97. The number of aromatic nitrogens is 1. The van der Waals surface area contributed by atoms with Gasteiger partial charge in [0.1, 0.15) is 11.9 Å². The molecule has 10 heteroatoms. The Hall–Kier alpha value is -4.73. The molecule has 0 radical (unpaired) electrons. The Kier molecular flexibility index (Phi) is 11.0. The highest BCUT2D eigenvalue weighted by Gasteiger charge is 2.26. The van der Waals surface area contributed by atoms with Gasteiger partial charge in [-0.25, -0.2) is 4.98 Å². The Morgan fingerprint density at radius 1 is 0.769 bits per heavy atom. The van der Waals surface area contributed by atoms with Gasteiger partial charge in [-0.3, -0.25) is 19.2 Å². The van der Waals surface area contributed by atoms with Gasteiger partial charge in [-0.1, -0.05) is 60.7 Å². The fourth-order valence-corrected chi connectivity index (χ4v) is 3.97. The number of hydrogen-bond donors (Lipinski definition) is 5. The first-order chi connectivity index (χ1) is 18.8. The number of nitrogens with one attached hydrogen (secondary N) is 3. The largest absolute Gasteiger partial charge is 0.481 e. The van der Waals surface area contributed by atoms with Crippen LogP contribution in [0.25, 0.3) is 11.1 Å². The third kappa shape index (κ3) is 9.92. The van der Waals surface area contributed by atoms with Crippen molar-refractivity contribution in [2.45, 2.75) is 44.2 Å². The van der Waals surface area contributed by atoms with E-state index in [1.54, 1.807) is 30.5 Å². The number of anilines is 1. The minimum absolute atomic E-state index is 0.107. The zero-order valence-electron chi connectivity index (χ0n) is 21.4. The van der Waals surface area contributed by atoms with Crippen LogP contribution in [0.2, 0.25) is 0 Å². The maximum atomic E-state index is 13.1. The van der Waals surface area contributed by atoms with Crippen LogP contribution in [0.5, 0.6) is 0 Å². The monoisotopic (exact) mass is 532 g/mol. The van der Waals surface area contributed by atoms with Gasteiger partial charge in [-0.15, -0.1) is 0 Å². The van der Waals surface area contributed by atoms with Crippen LogP contribution in [0.4, 0.5) is 5.82 Å². The first-order valence-electron chi connectivity index (χ1n) is 12.7. The minimum atomic E-state index is -1.13. The molecule has 0 aliphatic rings. The number of carbonyl (C=O) groups is 4. The molecule has 2 atom stereocenters. The summed E-state index contributed by atoms with van der Waals surface area (Å²) in [4.78, 5) is 52.5. The average molecular weight is 533 g/mol. The number of rotatable bonds is 15. The highest BCUT2D eigenvalue weighted by molar-refractivity contribution is 5.88. The highest BCUT2D eigenvalue weighted by Crippen LogP contribution is 2.23. The third-order valence-electron chi connectivity index (χ3n) is 5.97. The summed E-state index contributed by atoms with van der Waals surface area (Å²) in [5.41, 5.74) is 2.51. The Morgan fingerprint density at radius 3 is 2.10 bits per heavy atom. The Morgan fingerprint density at radius 2 is 1.46 bits per heavy atom. The van der Waals surface area contributed by atoms with Crippen molar-refractivity contribution < 1.29 is 29.4 Å². The van der Waals surface area contributed by atoms with Gasteiger partial charge in [0.15, 0.2) is 0 Å². The number of hydrogen-bond acceptors (Lipinski definition) is 6. The van der Waals surface area contributed by atoms with Crippen LogP contribution in [0.3, 0.4) is 0 Å². The Balaban J connectivity index is 1.63. The van der Waals surface area contributed by atoms with Gasteiger partial charge in [-0.2, -0.15) is 0 Å². The molecule has 0 spiro atoms. The van der Waals surface area contributed by atoms with E-state index in [1.165, 1.54) is 0 Å². The molecule has 0 bridgehead atoms. The second kappa shape index (κ2) is 14.9. The van der Waals surface area contributed by atoms with Crippen molar-refractivity contribution in [1.82, 2.24) is 15.6 Å². The molecule has 0 saturated carbocycles. The maximum Gasteiger partial charge on any atom is 0.305 e. The van der Waals surface area contributed by atoms with E-state index < -0.39 is 35.8 Å². The lowest BCUT2D eigenvalue weighted by Crippen LogP contribution is -2.48. The smallest absolute Gasteiger partial charge is 0.305 e. The van der Waals surface area contributed by atoms with Gasteiger partial charge in [0.25, 0.3) is 0 Å². The average Bonchev–Trinajstić information content (AvgIpc) is 2.94. The van der Waals surface area contributed by atoms with Crippen LogP contribution in [0, 0.1) is 0 Å². The molecule has 0 aliphatic heterocycles. The Labute approximate surface area is 226 Å². The summed E-state index contributed by atoms with van der Waals surface area (Å²) in [7, 11) is 0. The van der Waals surface area contributed by atoms with E-state index in [4.69, 9.17) is 5.11 Å². The van der Waals surface area contributed by atoms with E-state index in [9.17, 15) is 24.3 Å². The molecule has 1 heterocycles. The van der Waals surface area contributed by atoms with E-state index >= 15 is 0 Å². The van der Waals surface area contributed by atoms with Crippen LogP contribution in [0.1, 0.15) is 43.7 Å². The highest BCUT2D eigenvalue weighted by atomic mass is 16.4.